The average molecular weight is 404 g/mol. The number of alkyl halides is 2. The molecular weight excluding hydrogens is 378 g/mol. The molecule has 1 aliphatic rings. The van der Waals surface area contributed by atoms with Crippen molar-refractivity contribution in [1.82, 2.24) is 4.72 Å². The Morgan fingerprint density at radius 3 is 2.44 bits per heavy atom. The van der Waals surface area contributed by atoms with E-state index in [-0.39, 0.29) is 12.0 Å². The van der Waals surface area contributed by atoms with Crippen LogP contribution in [0.25, 0.3) is 0 Å². The van der Waals surface area contributed by atoms with E-state index in [4.69, 9.17) is 0 Å². The molecule has 27 heavy (non-hydrogen) atoms. The van der Waals surface area contributed by atoms with Gasteiger partial charge in [-0.1, -0.05) is 39.0 Å². The largest absolute Gasteiger partial charge is 0.390 e. The molecule has 1 aromatic carbocycles. The quantitative estimate of drug-likeness (QED) is 0.415. The smallest absolute Gasteiger partial charge is 0.320 e. The van der Waals surface area contributed by atoms with Crippen LogP contribution in [0.1, 0.15) is 51.7 Å². The minimum absolute atomic E-state index is 0.0704. The van der Waals surface area contributed by atoms with Crippen LogP contribution >= 0.6 is 0 Å². The number of hydrogen-bond donors (Lipinski definition) is 2. The number of halogens is 2. The van der Waals surface area contributed by atoms with E-state index in [0.717, 1.165) is 0 Å². The van der Waals surface area contributed by atoms with Gasteiger partial charge in [-0.05, 0) is 36.8 Å². The molecule has 6 nitrogen and oxygen atoms in total. The standard InChI is InChI=1S/C18H26F2N2O4S/c1-5-12(2)27(26)21-18(22(24)25)14-9-7-6-8-13(14)16(3,4)10-15(18)17(19,20)11-23/h6-9,12,15,21,23H,5,10-11H2,1-4H3/t12-,15?,18-,27?/m1/s1. The highest BCUT2D eigenvalue weighted by Gasteiger charge is 2.67. The highest BCUT2D eigenvalue weighted by molar-refractivity contribution is 7.83. The van der Waals surface area contributed by atoms with E-state index < -0.39 is 50.7 Å². The maximum Gasteiger partial charge on any atom is 0.320 e. The molecule has 0 amide bonds. The number of benzene rings is 1. The van der Waals surface area contributed by atoms with Crippen molar-refractivity contribution >= 4 is 11.0 Å². The van der Waals surface area contributed by atoms with E-state index in [2.05, 4.69) is 4.72 Å². The van der Waals surface area contributed by atoms with Crippen molar-refractivity contribution < 1.29 is 23.0 Å². The maximum absolute atomic E-state index is 14.8. The molecule has 2 rings (SSSR count). The first-order valence-corrected chi connectivity index (χ1v) is 10.1. The van der Waals surface area contributed by atoms with Gasteiger partial charge in [-0.3, -0.25) is 10.1 Å². The molecule has 0 saturated heterocycles. The number of nitrogens with one attached hydrogen (secondary N) is 1. The Morgan fingerprint density at radius 1 is 1.41 bits per heavy atom. The second-order valence-corrected chi connectivity index (χ2v) is 9.35. The summed E-state index contributed by atoms with van der Waals surface area (Å²) < 4.78 is 44.7. The zero-order valence-corrected chi connectivity index (χ0v) is 16.7. The van der Waals surface area contributed by atoms with E-state index in [1.165, 1.54) is 6.07 Å². The zero-order chi connectivity index (χ0) is 20.6. The Balaban J connectivity index is 2.80. The van der Waals surface area contributed by atoms with Crippen molar-refractivity contribution in [2.45, 2.75) is 62.8 Å². The van der Waals surface area contributed by atoms with Crippen molar-refractivity contribution in [2.75, 3.05) is 6.61 Å². The van der Waals surface area contributed by atoms with Gasteiger partial charge >= 0.3 is 5.66 Å². The lowest BCUT2D eigenvalue weighted by molar-refractivity contribution is -0.604. The summed E-state index contributed by atoms with van der Waals surface area (Å²) in [5.41, 5.74) is -2.62. The molecule has 0 radical (unpaired) electrons. The third-order valence-corrected chi connectivity index (χ3v) is 7.07. The lowest BCUT2D eigenvalue weighted by atomic mass is 9.62. The van der Waals surface area contributed by atoms with Crippen molar-refractivity contribution in [2.24, 2.45) is 5.92 Å². The van der Waals surface area contributed by atoms with Gasteiger partial charge in [0.1, 0.15) is 23.5 Å². The molecule has 4 atom stereocenters. The van der Waals surface area contributed by atoms with E-state index >= 15 is 0 Å². The Labute approximate surface area is 160 Å². The lowest BCUT2D eigenvalue weighted by Gasteiger charge is -2.47. The van der Waals surface area contributed by atoms with Crippen molar-refractivity contribution in [3.8, 4) is 0 Å². The van der Waals surface area contributed by atoms with Gasteiger partial charge in [0.15, 0.2) is 0 Å². The van der Waals surface area contributed by atoms with Crippen LogP contribution in [-0.2, 0) is 22.1 Å². The molecule has 0 saturated carbocycles. The fourth-order valence-electron chi connectivity index (χ4n) is 3.72. The topological polar surface area (TPSA) is 92.5 Å². The second kappa shape index (κ2) is 7.52. The summed E-state index contributed by atoms with van der Waals surface area (Å²) in [4.78, 5) is 11.5. The fourth-order valence-corrected chi connectivity index (χ4v) is 4.86. The van der Waals surface area contributed by atoms with E-state index in [0.29, 0.717) is 12.0 Å². The first-order chi connectivity index (χ1) is 12.4. The molecule has 0 aliphatic heterocycles. The van der Waals surface area contributed by atoms with Gasteiger partial charge < -0.3 is 5.11 Å². The van der Waals surface area contributed by atoms with Gasteiger partial charge in [0.05, 0.1) is 0 Å². The third-order valence-electron chi connectivity index (χ3n) is 5.49. The molecular formula is C18H26F2N2O4S. The molecule has 2 N–H and O–H groups in total. The first-order valence-electron chi connectivity index (χ1n) is 8.85. The minimum Gasteiger partial charge on any atom is -0.390 e. The van der Waals surface area contributed by atoms with Crippen LogP contribution in [0.15, 0.2) is 24.3 Å². The Bertz CT molecular complexity index is 744. The van der Waals surface area contributed by atoms with Crippen LogP contribution in [0, 0.1) is 16.0 Å². The summed E-state index contributed by atoms with van der Waals surface area (Å²) in [6, 6.07) is 6.34. The van der Waals surface area contributed by atoms with Gasteiger partial charge in [-0.2, -0.15) is 4.72 Å². The van der Waals surface area contributed by atoms with E-state index in [1.54, 1.807) is 45.9 Å². The summed E-state index contributed by atoms with van der Waals surface area (Å²) in [6.45, 7) is 5.35. The second-order valence-electron chi connectivity index (χ2n) is 7.75. The predicted molar refractivity (Wildman–Crippen MR) is 99.3 cm³/mol. The number of aliphatic hydroxyl groups is 1. The maximum atomic E-state index is 14.8. The minimum atomic E-state index is -3.73. The number of nitro groups is 1. The molecule has 0 heterocycles. The molecule has 9 heteroatoms. The molecule has 0 fully saturated rings. The van der Waals surface area contributed by atoms with E-state index in [1.807, 2.05) is 0 Å². The molecule has 152 valence electrons. The Kier molecular flexibility index (Phi) is 6.08. The summed E-state index contributed by atoms with van der Waals surface area (Å²) in [5.74, 6) is -5.60. The Hall–Kier alpha value is -1.45. The molecule has 0 spiro atoms. The normalized spacial score (nSPS) is 26.9. The third kappa shape index (κ3) is 3.64. The average Bonchev–Trinajstić information content (AvgIpc) is 2.62. The van der Waals surface area contributed by atoms with Gasteiger partial charge in [-0.25, -0.2) is 13.0 Å². The predicted octanol–water partition coefficient (Wildman–Crippen LogP) is 3.09. The highest BCUT2D eigenvalue weighted by atomic mass is 32.2. The molecule has 1 aromatic rings. The SMILES string of the molecule is CC[C@@H](C)S(=O)N[C@@]1([N+](=O)[O-])c2ccccc2C(C)(C)CC1C(F)(F)CO. The van der Waals surface area contributed by atoms with Crippen LogP contribution in [-0.4, -0.2) is 32.0 Å². The van der Waals surface area contributed by atoms with Crippen molar-refractivity contribution in [3.05, 3.63) is 45.5 Å². The van der Waals surface area contributed by atoms with Crippen molar-refractivity contribution in [1.29, 1.82) is 0 Å². The molecule has 2 unspecified atom stereocenters. The molecule has 0 bridgehead atoms. The molecule has 1 aliphatic carbocycles. The van der Waals surface area contributed by atoms with Gasteiger partial charge in [-0.15, -0.1) is 0 Å². The van der Waals surface area contributed by atoms with Gasteiger partial charge in [0.2, 0.25) is 0 Å². The lowest BCUT2D eigenvalue weighted by Crippen LogP contribution is -2.64. The first kappa shape index (κ1) is 21.8. The Morgan fingerprint density at radius 2 is 1.96 bits per heavy atom. The van der Waals surface area contributed by atoms with Crippen LogP contribution in [0.4, 0.5) is 8.78 Å². The fraction of sp³-hybridized carbons (Fsp3) is 0.667. The van der Waals surface area contributed by atoms with Crippen LogP contribution in [0.3, 0.4) is 0 Å². The van der Waals surface area contributed by atoms with Crippen LogP contribution < -0.4 is 4.72 Å². The number of fused-ring (bicyclic) bond motifs is 1. The summed E-state index contributed by atoms with van der Waals surface area (Å²) in [5, 5.41) is 21.1. The van der Waals surface area contributed by atoms with Crippen molar-refractivity contribution in [3.63, 3.8) is 0 Å². The van der Waals surface area contributed by atoms with Gasteiger partial charge in [0.25, 0.3) is 5.92 Å². The van der Waals surface area contributed by atoms with Crippen LogP contribution in [0.5, 0.6) is 0 Å². The number of hydrogen-bond acceptors (Lipinski definition) is 4. The van der Waals surface area contributed by atoms with Crippen LogP contribution in [0.2, 0.25) is 0 Å². The zero-order valence-electron chi connectivity index (χ0n) is 15.9. The summed E-state index contributed by atoms with van der Waals surface area (Å²) in [6.07, 6.45) is 0.213. The monoisotopic (exact) mass is 404 g/mol. The van der Waals surface area contributed by atoms with E-state index in [9.17, 15) is 28.2 Å². The number of rotatable bonds is 7. The highest BCUT2D eigenvalue weighted by Crippen LogP contribution is 2.53. The summed E-state index contributed by atoms with van der Waals surface area (Å²) >= 11 is 0. The summed E-state index contributed by atoms with van der Waals surface area (Å²) in [7, 11) is -1.92. The van der Waals surface area contributed by atoms with Gasteiger partial charge in [0, 0.05) is 15.7 Å². The number of aliphatic hydroxyl groups excluding tert-OH is 1. The number of nitrogens with zero attached hydrogens (tertiary/aromatic N) is 1. The molecule has 0 aromatic heterocycles.